The number of rotatable bonds is 5. The van der Waals surface area contributed by atoms with E-state index < -0.39 is 0 Å². The van der Waals surface area contributed by atoms with Crippen LogP contribution in [-0.4, -0.2) is 51.4 Å². The fourth-order valence-electron chi connectivity index (χ4n) is 4.90. The zero-order chi connectivity index (χ0) is 22.0. The molecule has 1 unspecified atom stereocenters. The molecule has 0 bridgehead atoms. The number of aliphatic imine (C=N–C) groups is 1. The number of hydrogen-bond donors (Lipinski definition) is 3. The van der Waals surface area contributed by atoms with Crippen LogP contribution in [0.2, 0.25) is 0 Å². The summed E-state index contributed by atoms with van der Waals surface area (Å²) in [6, 6.07) is 8.54. The Bertz CT molecular complexity index is 1120. The van der Waals surface area contributed by atoms with Gasteiger partial charge in [-0.15, -0.1) is 0 Å². The maximum atomic E-state index is 6.48. The van der Waals surface area contributed by atoms with E-state index in [0.717, 1.165) is 47.8 Å². The van der Waals surface area contributed by atoms with Gasteiger partial charge >= 0.3 is 0 Å². The molecule has 9 heteroatoms. The summed E-state index contributed by atoms with van der Waals surface area (Å²) in [6.07, 6.45) is 9.02. The lowest BCUT2D eigenvalue weighted by Gasteiger charge is -2.40. The second-order valence-electron chi connectivity index (χ2n) is 8.58. The molecule has 3 N–H and O–H groups in total. The molecule has 3 heterocycles. The molecule has 1 aromatic carbocycles. The summed E-state index contributed by atoms with van der Waals surface area (Å²) in [5, 5.41) is 15.6. The fourth-order valence-corrected chi connectivity index (χ4v) is 4.90. The van der Waals surface area contributed by atoms with Crippen molar-refractivity contribution in [3.63, 3.8) is 0 Å². The molecule has 168 valence electrons. The van der Waals surface area contributed by atoms with E-state index in [1.807, 2.05) is 14.1 Å². The number of benzene rings is 1. The highest BCUT2D eigenvalue weighted by atomic mass is 16.5. The lowest BCUT2D eigenvalue weighted by atomic mass is 9.86. The van der Waals surface area contributed by atoms with Gasteiger partial charge in [-0.1, -0.05) is 18.2 Å². The summed E-state index contributed by atoms with van der Waals surface area (Å²) in [6.45, 7) is 1.39. The maximum absolute atomic E-state index is 6.48. The maximum Gasteiger partial charge on any atom is 0.191 e. The average Bonchev–Trinajstić information content (AvgIpc) is 3.42. The van der Waals surface area contributed by atoms with Crippen molar-refractivity contribution in [2.75, 3.05) is 25.5 Å². The van der Waals surface area contributed by atoms with Gasteiger partial charge in [-0.05, 0) is 31.7 Å². The van der Waals surface area contributed by atoms with Crippen molar-refractivity contribution in [1.82, 2.24) is 30.4 Å². The third-order valence-electron chi connectivity index (χ3n) is 6.49. The number of anilines is 1. The normalized spacial score (nSPS) is 19.6. The Balaban J connectivity index is 1.21. The highest BCUT2D eigenvalue weighted by Crippen LogP contribution is 2.46. The van der Waals surface area contributed by atoms with Gasteiger partial charge in [0.2, 0.25) is 0 Å². The minimum Gasteiger partial charge on any atom is -0.487 e. The molecule has 1 fully saturated rings. The number of hydrogen-bond acceptors (Lipinski definition) is 6. The topological polar surface area (TPSA) is 101 Å². The van der Waals surface area contributed by atoms with Gasteiger partial charge in [-0.25, -0.2) is 9.97 Å². The minimum atomic E-state index is -0.0471. The van der Waals surface area contributed by atoms with Crippen molar-refractivity contribution in [2.45, 2.75) is 43.7 Å². The van der Waals surface area contributed by atoms with Gasteiger partial charge in [0.15, 0.2) is 11.6 Å². The highest BCUT2D eigenvalue weighted by molar-refractivity contribution is 5.86. The van der Waals surface area contributed by atoms with Crippen LogP contribution in [0.3, 0.4) is 0 Å². The summed E-state index contributed by atoms with van der Waals surface area (Å²) < 4.78 is 8.23. The van der Waals surface area contributed by atoms with Gasteiger partial charge in [-0.3, -0.25) is 9.67 Å². The zero-order valence-electron chi connectivity index (χ0n) is 18.6. The van der Waals surface area contributed by atoms with E-state index in [1.165, 1.54) is 18.4 Å². The molecule has 1 aliphatic carbocycles. The number of guanidine groups is 1. The number of aromatic nitrogens is 4. The largest absolute Gasteiger partial charge is 0.487 e. The number of nitrogens with zero attached hydrogens (tertiary/aromatic N) is 5. The summed E-state index contributed by atoms with van der Waals surface area (Å²) in [7, 11) is 3.68. The quantitative estimate of drug-likeness (QED) is 0.322. The smallest absolute Gasteiger partial charge is 0.191 e. The number of para-hydroxylation sites is 1. The van der Waals surface area contributed by atoms with Crippen LogP contribution in [0.1, 0.15) is 43.7 Å². The van der Waals surface area contributed by atoms with E-state index in [0.29, 0.717) is 13.1 Å². The van der Waals surface area contributed by atoms with Gasteiger partial charge in [0.25, 0.3) is 0 Å². The van der Waals surface area contributed by atoms with Crippen molar-refractivity contribution in [1.29, 1.82) is 0 Å². The first-order valence-corrected chi connectivity index (χ1v) is 11.3. The standard InChI is InChI=1S/C23H30N8O/c1-24-22(26-12-11-25-20-17-14-29-31(2)21(17)28-15-27-20)30-18-13-23(9-5-6-10-23)32-19-8-4-3-7-16(18)19/h3-4,7-8,14-15,18H,5-6,9-13H2,1-2H3,(H2,24,26,30)(H,25,27,28). The summed E-state index contributed by atoms with van der Waals surface area (Å²) in [5.41, 5.74) is 1.96. The van der Waals surface area contributed by atoms with Crippen molar-refractivity contribution in [3.8, 4) is 5.75 Å². The molecule has 0 radical (unpaired) electrons. The summed E-state index contributed by atoms with van der Waals surface area (Å²) in [4.78, 5) is 13.1. The van der Waals surface area contributed by atoms with Gasteiger partial charge in [0.1, 0.15) is 23.5 Å². The predicted octanol–water partition coefficient (Wildman–Crippen LogP) is 2.78. The van der Waals surface area contributed by atoms with Crippen LogP contribution in [0.4, 0.5) is 5.82 Å². The molecule has 5 rings (SSSR count). The summed E-state index contributed by atoms with van der Waals surface area (Å²) in [5.74, 6) is 2.57. The number of aryl methyl sites for hydroxylation is 1. The van der Waals surface area contributed by atoms with Crippen LogP contribution >= 0.6 is 0 Å². The van der Waals surface area contributed by atoms with Crippen LogP contribution in [0, 0.1) is 0 Å². The Morgan fingerprint density at radius 1 is 1.22 bits per heavy atom. The van der Waals surface area contributed by atoms with Crippen LogP contribution in [0.15, 0.2) is 41.8 Å². The number of ether oxygens (including phenoxy) is 1. The van der Waals surface area contributed by atoms with Gasteiger partial charge in [0, 0.05) is 39.2 Å². The minimum absolute atomic E-state index is 0.0471. The van der Waals surface area contributed by atoms with Crippen LogP contribution < -0.4 is 20.7 Å². The third-order valence-corrected chi connectivity index (χ3v) is 6.49. The second-order valence-corrected chi connectivity index (χ2v) is 8.58. The van der Waals surface area contributed by atoms with E-state index >= 15 is 0 Å². The Morgan fingerprint density at radius 3 is 2.91 bits per heavy atom. The molecule has 9 nitrogen and oxygen atoms in total. The molecule has 1 atom stereocenters. The SMILES string of the molecule is CN=C(NCCNc1ncnc2c1cnn2C)NC1CC2(CCCC2)Oc2ccccc21. The third kappa shape index (κ3) is 3.94. The zero-order valence-corrected chi connectivity index (χ0v) is 18.6. The van der Waals surface area contributed by atoms with Crippen LogP contribution in [-0.2, 0) is 7.05 Å². The Morgan fingerprint density at radius 2 is 2.06 bits per heavy atom. The molecule has 0 saturated heterocycles. The van der Waals surface area contributed by atoms with E-state index in [9.17, 15) is 0 Å². The van der Waals surface area contributed by atoms with Crippen molar-refractivity contribution < 1.29 is 4.74 Å². The van der Waals surface area contributed by atoms with Crippen LogP contribution in [0.5, 0.6) is 5.75 Å². The Labute approximate surface area is 187 Å². The van der Waals surface area contributed by atoms with Crippen LogP contribution in [0.25, 0.3) is 11.0 Å². The molecular formula is C23H30N8O. The lowest BCUT2D eigenvalue weighted by molar-refractivity contribution is 0.0396. The number of nitrogens with one attached hydrogen (secondary N) is 3. The van der Waals surface area contributed by atoms with E-state index in [-0.39, 0.29) is 11.6 Å². The molecule has 3 aromatic rings. The first-order chi connectivity index (χ1) is 15.7. The molecule has 0 amide bonds. The molecule has 1 saturated carbocycles. The Hall–Kier alpha value is -3.36. The van der Waals surface area contributed by atoms with E-state index in [4.69, 9.17) is 4.74 Å². The molecular weight excluding hydrogens is 404 g/mol. The summed E-state index contributed by atoms with van der Waals surface area (Å²) >= 11 is 0. The fraction of sp³-hybridized carbons (Fsp3) is 0.478. The molecule has 32 heavy (non-hydrogen) atoms. The van der Waals surface area contributed by atoms with Gasteiger partial charge in [-0.2, -0.15) is 5.10 Å². The van der Waals surface area contributed by atoms with Gasteiger partial charge < -0.3 is 20.7 Å². The van der Waals surface area contributed by atoms with E-state index in [2.05, 4.69) is 60.3 Å². The predicted molar refractivity (Wildman–Crippen MR) is 125 cm³/mol. The van der Waals surface area contributed by atoms with Crippen molar-refractivity contribution in [2.24, 2.45) is 12.0 Å². The Kier molecular flexibility index (Phi) is 5.55. The highest BCUT2D eigenvalue weighted by Gasteiger charge is 2.43. The van der Waals surface area contributed by atoms with Crippen molar-refractivity contribution in [3.05, 3.63) is 42.4 Å². The first kappa shape index (κ1) is 20.5. The monoisotopic (exact) mass is 434 g/mol. The van der Waals surface area contributed by atoms with Crippen molar-refractivity contribution >= 4 is 22.8 Å². The molecule has 1 aliphatic heterocycles. The molecule has 1 spiro atoms. The number of fused-ring (bicyclic) bond motifs is 2. The molecule has 2 aromatic heterocycles. The lowest BCUT2D eigenvalue weighted by Crippen LogP contribution is -2.47. The molecule has 2 aliphatic rings. The van der Waals surface area contributed by atoms with E-state index in [1.54, 1.807) is 17.2 Å². The second kappa shape index (κ2) is 8.64. The van der Waals surface area contributed by atoms with Gasteiger partial charge in [0.05, 0.1) is 17.6 Å². The average molecular weight is 435 g/mol. The first-order valence-electron chi connectivity index (χ1n) is 11.3.